The summed E-state index contributed by atoms with van der Waals surface area (Å²) in [6.07, 6.45) is 10.0. The predicted octanol–water partition coefficient (Wildman–Crippen LogP) is 2.83. The van der Waals surface area contributed by atoms with Gasteiger partial charge in [-0.25, -0.2) is 0 Å². The van der Waals surface area contributed by atoms with Crippen LogP contribution in [0.5, 0.6) is 0 Å². The van der Waals surface area contributed by atoms with Crippen molar-refractivity contribution in [2.75, 3.05) is 13.1 Å². The molecule has 0 N–H and O–H groups in total. The molecule has 1 atom stereocenters. The molecule has 0 radical (unpaired) electrons. The molecule has 0 amide bonds. The Balaban J connectivity index is 2.42. The standard InChI is InChI=1S/C11H21N/c1-3-7-11-8-5-6-10-12(11)9-4-2/h3,7,11H,4-6,8-10H2,1-2H3/b7-3-. The molecule has 70 valence electrons. The van der Waals surface area contributed by atoms with Crippen molar-refractivity contribution in [3.8, 4) is 0 Å². The number of hydrogen-bond acceptors (Lipinski definition) is 1. The molecule has 1 fully saturated rings. The van der Waals surface area contributed by atoms with E-state index >= 15 is 0 Å². The smallest absolute Gasteiger partial charge is 0.0278 e. The minimum Gasteiger partial charge on any atom is -0.297 e. The highest BCUT2D eigenvalue weighted by atomic mass is 15.2. The van der Waals surface area contributed by atoms with Gasteiger partial charge < -0.3 is 0 Å². The first-order valence-electron chi connectivity index (χ1n) is 5.25. The third kappa shape index (κ3) is 2.63. The quantitative estimate of drug-likeness (QED) is 0.584. The van der Waals surface area contributed by atoms with E-state index in [9.17, 15) is 0 Å². The topological polar surface area (TPSA) is 3.24 Å². The lowest BCUT2D eigenvalue weighted by Crippen LogP contribution is -2.38. The van der Waals surface area contributed by atoms with Crippen LogP contribution in [0.15, 0.2) is 12.2 Å². The maximum absolute atomic E-state index is 2.61. The Morgan fingerprint density at radius 1 is 1.42 bits per heavy atom. The van der Waals surface area contributed by atoms with Crippen molar-refractivity contribution >= 4 is 0 Å². The van der Waals surface area contributed by atoms with Crippen molar-refractivity contribution in [2.24, 2.45) is 0 Å². The summed E-state index contributed by atoms with van der Waals surface area (Å²) in [7, 11) is 0. The number of hydrogen-bond donors (Lipinski definition) is 0. The minimum atomic E-state index is 0.740. The molecule has 1 aliphatic rings. The average Bonchev–Trinajstić information content (AvgIpc) is 2.09. The maximum atomic E-state index is 2.61. The van der Waals surface area contributed by atoms with Crippen LogP contribution in [0.4, 0.5) is 0 Å². The summed E-state index contributed by atoms with van der Waals surface area (Å²) in [5.74, 6) is 0. The van der Waals surface area contributed by atoms with Crippen LogP contribution >= 0.6 is 0 Å². The van der Waals surface area contributed by atoms with Gasteiger partial charge in [0.15, 0.2) is 0 Å². The van der Waals surface area contributed by atoms with Gasteiger partial charge in [-0.05, 0) is 39.3 Å². The predicted molar refractivity (Wildman–Crippen MR) is 54.3 cm³/mol. The molecule has 0 spiro atoms. The fourth-order valence-electron chi connectivity index (χ4n) is 2.02. The Bertz CT molecular complexity index is 138. The van der Waals surface area contributed by atoms with Crippen molar-refractivity contribution in [2.45, 2.75) is 45.6 Å². The molecule has 0 aromatic rings. The zero-order valence-corrected chi connectivity index (χ0v) is 8.42. The summed E-state index contributed by atoms with van der Waals surface area (Å²) >= 11 is 0. The highest BCUT2D eigenvalue weighted by molar-refractivity contribution is 4.94. The summed E-state index contributed by atoms with van der Waals surface area (Å²) < 4.78 is 0. The van der Waals surface area contributed by atoms with Crippen LogP contribution in [0.1, 0.15) is 39.5 Å². The van der Waals surface area contributed by atoms with Crippen LogP contribution < -0.4 is 0 Å². The van der Waals surface area contributed by atoms with Crippen LogP contribution in [-0.2, 0) is 0 Å². The molecule has 1 aliphatic heterocycles. The Labute approximate surface area is 76.5 Å². The lowest BCUT2D eigenvalue weighted by Gasteiger charge is -2.33. The molecule has 0 bridgehead atoms. The molecular weight excluding hydrogens is 146 g/mol. The van der Waals surface area contributed by atoms with Gasteiger partial charge in [-0.2, -0.15) is 0 Å². The van der Waals surface area contributed by atoms with E-state index in [4.69, 9.17) is 0 Å². The Hall–Kier alpha value is -0.300. The molecule has 12 heavy (non-hydrogen) atoms. The third-order valence-corrected chi connectivity index (χ3v) is 2.59. The highest BCUT2D eigenvalue weighted by Gasteiger charge is 2.18. The van der Waals surface area contributed by atoms with E-state index in [1.165, 1.54) is 38.8 Å². The molecule has 1 heterocycles. The molecule has 1 heteroatoms. The van der Waals surface area contributed by atoms with Gasteiger partial charge in [0.25, 0.3) is 0 Å². The summed E-state index contributed by atoms with van der Waals surface area (Å²) in [6, 6.07) is 0.740. The summed E-state index contributed by atoms with van der Waals surface area (Å²) in [4.78, 5) is 2.61. The molecule has 1 rings (SSSR count). The molecule has 0 aromatic heterocycles. The first-order chi connectivity index (χ1) is 5.88. The monoisotopic (exact) mass is 167 g/mol. The zero-order chi connectivity index (χ0) is 8.81. The Morgan fingerprint density at radius 2 is 2.25 bits per heavy atom. The second-order valence-corrected chi connectivity index (χ2v) is 3.62. The van der Waals surface area contributed by atoms with E-state index in [2.05, 4.69) is 30.9 Å². The lowest BCUT2D eigenvalue weighted by molar-refractivity contribution is 0.180. The van der Waals surface area contributed by atoms with Gasteiger partial charge in [-0.15, -0.1) is 0 Å². The van der Waals surface area contributed by atoms with Crippen LogP contribution in [0.25, 0.3) is 0 Å². The van der Waals surface area contributed by atoms with Gasteiger partial charge in [0.2, 0.25) is 0 Å². The molecular formula is C11H21N. The van der Waals surface area contributed by atoms with Gasteiger partial charge in [0, 0.05) is 6.04 Å². The molecule has 0 aromatic carbocycles. The van der Waals surface area contributed by atoms with Gasteiger partial charge in [-0.3, -0.25) is 4.90 Å². The van der Waals surface area contributed by atoms with Crippen LogP contribution in [0, 0.1) is 0 Å². The van der Waals surface area contributed by atoms with Crippen molar-refractivity contribution in [1.82, 2.24) is 4.90 Å². The number of nitrogens with zero attached hydrogens (tertiary/aromatic N) is 1. The van der Waals surface area contributed by atoms with Crippen molar-refractivity contribution in [3.63, 3.8) is 0 Å². The molecule has 0 saturated carbocycles. The summed E-state index contributed by atoms with van der Waals surface area (Å²) in [5.41, 5.74) is 0. The van der Waals surface area contributed by atoms with Gasteiger partial charge >= 0.3 is 0 Å². The highest BCUT2D eigenvalue weighted by Crippen LogP contribution is 2.17. The average molecular weight is 167 g/mol. The van der Waals surface area contributed by atoms with Crippen LogP contribution in [-0.4, -0.2) is 24.0 Å². The van der Waals surface area contributed by atoms with Crippen LogP contribution in [0.3, 0.4) is 0 Å². The first kappa shape index (κ1) is 9.79. The van der Waals surface area contributed by atoms with Crippen molar-refractivity contribution in [3.05, 3.63) is 12.2 Å². The summed E-state index contributed by atoms with van der Waals surface area (Å²) in [5, 5.41) is 0. The van der Waals surface area contributed by atoms with E-state index in [1.807, 2.05) is 0 Å². The number of rotatable bonds is 3. The molecule has 0 aliphatic carbocycles. The number of likely N-dealkylation sites (tertiary alicyclic amines) is 1. The SMILES string of the molecule is C/C=C\C1CCCCN1CCC. The third-order valence-electron chi connectivity index (χ3n) is 2.59. The van der Waals surface area contributed by atoms with E-state index in [0.29, 0.717) is 0 Å². The van der Waals surface area contributed by atoms with E-state index in [1.54, 1.807) is 0 Å². The van der Waals surface area contributed by atoms with Crippen LogP contribution in [0.2, 0.25) is 0 Å². The lowest BCUT2D eigenvalue weighted by atomic mass is 10.0. The minimum absolute atomic E-state index is 0.740. The van der Waals surface area contributed by atoms with Gasteiger partial charge in [0.05, 0.1) is 0 Å². The number of allylic oxidation sites excluding steroid dienone is 1. The Morgan fingerprint density at radius 3 is 2.92 bits per heavy atom. The largest absolute Gasteiger partial charge is 0.297 e. The van der Waals surface area contributed by atoms with E-state index < -0.39 is 0 Å². The van der Waals surface area contributed by atoms with Gasteiger partial charge in [-0.1, -0.05) is 25.5 Å². The van der Waals surface area contributed by atoms with E-state index in [0.717, 1.165) is 6.04 Å². The summed E-state index contributed by atoms with van der Waals surface area (Å²) in [6.45, 7) is 6.97. The van der Waals surface area contributed by atoms with Gasteiger partial charge in [0.1, 0.15) is 0 Å². The molecule has 1 saturated heterocycles. The zero-order valence-electron chi connectivity index (χ0n) is 8.42. The normalized spacial score (nSPS) is 26.7. The second kappa shape index (κ2) is 5.36. The fourth-order valence-corrected chi connectivity index (χ4v) is 2.02. The molecule has 1 nitrogen and oxygen atoms in total. The van der Waals surface area contributed by atoms with Crippen molar-refractivity contribution < 1.29 is 0 Å². The second-order valence-electron chi connectivity index (χ2n) is 3.62. The van der Waals surface area contributed by atoms with E-state index in [-0.39, 0.29) is 0 Å². The Kier molecular flexibility index (Phi) is 4.37. The molecule has 1 unspecified atom stereocenters. The number of piperidine rings is 1. The maximum Gasteiger partial charge on any atom is 0.0278 e. The first-order valence-corrected chi connectivity index (χ1v) is 5.25. The fraction of sp³-hybridized carbons (Fsp3) is 0.818. The van der Waals surface area contributed by atoms with Crippen molar-refractivity contribution in [1.29, 1.82) is 0 Å².